The minimum absolute atomic E-state index is 0.0232. The van der Waals surface area contributed by atoms with Crippen molar-refractivity contribution in [3.63, 3.8) is 0 Å². The maximum atomic E-state index is 12.5. The number of carbonyl (C=O) groups excluding carboxylic acids is 3. The maximum Gasteiger partial charge on any atom is 0.228 e. The molecule has 2 aromatic rings. The number of carbonyl (C=O) groups is 3. The second kappa shape index (κ2) is 12.3. The summed E-state index contributed by atoms with van der Waals surface area (Å²) in [6.07, 6.45) is 4.18. The molecule has 3 unspecified atom stereocenters. The van der Waals surface area contributed by atoms with Crippen molar-refractivity contribution in [3.05, 3.63) is 47.5 Å². The summed E-state index contributed by atoms with van der Waals surface area (Å²) >= 11 is 0. The number of hydrogen-bond acceptors (Lipinski definition) is 6. The summed E-state index contributed by atoms with van der Waals surface area (Å²) in [5.41, 5.74) is 9.07. The summed E-state index contributed by atoms with van der Waals surface area (Å²) < 4.78 is 0. The summed E-state index contributed by atoms with van der Waals surface area (Å²) in [4.78, 5) is 44.9. The van der Waals surface area contributed by atoms with Crippen LogP contribution in [0.15, 0.2) is 36.4 Å². The molecule has 2 aliphatic heterocycles. The van der Waals surface area contributed by atoms with Crippen molar-refractivity contribution in [1.29, 1.82) is 5.41 Å². The quantitative estimate of drug-likeness (QED) is 0.392. The van der Waals surface area contributed by atoms with Crippen LogP contribution in [0.3, 0.4) is 0 Å². The number of anilines is 1. The van der Waals surface area contributed by atoms with Crippen molar-refractivity contribution >= 4 is 29.8 Å². The van der Waals surface area contributed by atoms with Crippen LogP contribution >= 0.6 is 0 Å². The van der Waals surface area contributed by atoms with Gasteiger partial charge in [0.1, 0.15) is 23.9 Å². The van der Waals surface area contributed by atoms with Gasteiger partial charge in [-0.1, -0.05) is 37.3 Å². The Balaban J connectivity index is 1.49. The largest absolute Gasteiger partial charge is 0.369 e. The summed E-state index contributed by atoms with van der Waals surface area (Å²) in [5.74, 6) is -0.952. The number of fused-ring (bicyclic) bond motifs is 1. The standard InChI is InChI=1S/C29H38N6O3/c1-3-34-15-5-7-21(34)18-32-25(37)17-19-9-11-20(12-10-19)24-14-13-23-22(8-6-16-36)26(28(31)38)27(30)35(4-2)29(23)33-24/h9-14,16,21-22,26,30H,3-8,15,17-18H2,1-2H3,(H2,31,38)(H,32,37). The van der Waals surface area contributed by atoms with Gasteiger partial charge in [-0.25, -0.2) is 4.98 Å². The van der Waals surface area contributed by atoms with Gasteiger partial charge in [0, 0.05) is 37.0 Å². The first-order valence-electron chi connectivity index (χ1n) is 13.6. The molecule has 3 atom stereocenters. The second-order valence-electron chi connectivity index (χ2n) is 10.1. The number of nitrogens with zero attached hydrogens (tertiary/aromatic N) is 3. The number of rotatable bonds is 11. The third kappa shape index (κ3) is 5.78. The number of nitrogens with one attached hydrogen (secondary N) is 2. The average molecular weight is 519 g/mol. The lowest BCUT2D eigenvalue weighted by molar-refractivity contribution is -0.121. The SMILES string of the molecule is CCN1C(=N)C(C(N)=O)C(CCC=O)c2ccc(-c3ccc(CC(=O)NCC4CCCN4CC)cc3)nc21. The predicted octanol–water partition coefficient (Wildman–Crippen LogP) is 2.87. The Morgan fingerprint density at radius 3 is 2.58 bits per heavy atom. The van der Waals surface area contributed by atoms with E-state index in [9.17, 15) is 14.4 Å². The second-order valence-corrected chi connectivity index (χ2v) is 10.1. The van der Waals surface area contributed by atoms with E-state index in [1.165, 1.54) is 6.42 Å². The van der Waals surface area contributed by atoms with E-state index in [1.807, 2.05) is 43.3 Å². The predicted molar refractivity (Wildman–Crippen MR) is 148 cm³/mol. The Hall–Kier alpha value is -3.59. The highest BCUT2D eigenvalue weighted by Gasteiger charge is 2.41. The van der Waals surface area contributed by atoms with Crippen molar-refractivity contribution in [2.45, 2.75) is 57.9 Å². The van der Waals surface area contributed by atoms with Gasteiger partial charge >= 0.3 is 0 Å². The third-order valence-electron chi connectivity index (χ3n) is 7.82. The monoisotopic (exact) mass is 518 g/mol. The zero-order valence-corrected chi connectivity index (χ0v) is 22.3. The number of amides is 2. The summed E-state index contributed by atoms with van der Waals surface area (Å²) in [6.45, 7) is 7.35. The van der Waals surface area contributed by atoms with Gasteiger partial charge in [-0.2, -0.15) is 0 Å². The number of nitrogens with two attached hydrogens (primary N) is 1. The van der Waals surface area contributed by atoms with Crippen molar-refractivity contribution in [3.8, 4) is 11.3 Å². The molecule has 0 aliphatic carbocycles. The minimum atomic E-state index is -0.792. The van der Waals surface area contributed by atoms with E-state index in [0.29, 0.717) is 37.8 Å². The van der Waals surface area contributed by atoms with Gasteiger partial charge in [-0.3, -0.25) is 19.9 Å². The van der Waals surface area contributed by atoms with Crippen molar-refractivity contribution < 1.29 is 14.4 Å². The fourth-order valence-electron chi connectivity index (χ4n) is 5.82. The van der Waals surface area contributed by atoms with Crippen LogP contribution in [-0.2, 0) is 20.8 Å². The molecule has 202 valence electrons. The zero-order valence-electron chi connectivity index (χ0n) is 22.3. The van der Waals surface area contributed by atoms with Gasteiger partial charge in [0.25, 0.3) is 0 Å². The van der Waals surface area contributed by atoms with Crippen LogP contribution in [0.25, 0.3) is 11.3 Å². The number of hydrogen-bond donors (Lipinski definition) is 3. The lowest BCUT2D eigenvalue weighted by Crippen LogP contribution is -2.48. The summed E-state index contributed by atoms with van der Waals surface area (Å²) in [6, 6.07) is 12.1. The van der Waals surface area contributed by atoms with Crippen LogP contribution in [0.2, 0.25) is 0 Å². The molecule has 1 fully saturated rings. The Morgan fingerprint density at radius 1 is 1.16 bits per heavy atom. The highest BCUT2D eigenvalue weighted by Crippen LogP contribution is 2.42. The first-order valence-corrected chi connectivity index (χ1v) is 13.6. The number of aldehydes is 1. The lowest BCUT2D eigenvalue weighted by Gasteiger charge is -2.39. The molecule has 9 heteroatoms. The van der Waals surface area contributed by atoms with E-state index >= 15 is 0 Å². The van der Waals surface area contributed by atoms with Gasteiger partial charge in [-0.15, -0.1) is 0 Å². The highest BCUT2D eigenvalue weighted by molar-refractivity contribution is 6.11. The van der Waals surface area contributed by atoms with Crippen LogP contribution in [0.1, 0.15) is 56.6 Å². The molecule has 1 saturated heterocycles. The fraction of sp³-hybridized carbons (Fsp3) is 0.483. The van der Waals surface area contributed by atoms with E-state index in [1.54, 1.807) is 4.90 Å². The number of amidine groups is 1. The molecular formula is C29H38N6O3. The highest BCUT2D eigenvalue weighted by atomic mass is 16.2. The number of primary amides is 1. The molecule has 2 aliphatic rings. The fourth-order valence-corrected chi connectivity index (χ4v) is 5.82. The summed E-state index contributed by atoms with van der Waals surface area (Å²) in [7, 11) is 0. The molecule has 3 heterocycles. The first-order chi connectivity index (χ1) is 18.4. The van der Waals surface area contributed by atoms with Gasteiger partial charge in [0.2, 0.25) is 11.8 Å². The number of likely N-dealkylation sites (tertiary alicyclic amines) is 1. The van der Waals surface area contributed by atoms with E-state index in [0.717, 1.165) is 48.2 Å². The van der Waals surface area contributed by atoms with E-state index < -0.39 is 11.8 Å². The van der Waals surface area contributed by atoms with Crippen LogP contribution in [0.4, 0.5) is 5.82 Å². The van der Waals surface area contributed by atoms with Crippen LogP contribution in [0, 0.1) is 11.3 Å². The molecule has 0 radical (unpaired) electrons. The Kier molecular flexibility index (Phi) is 8.89. The lowest BCUT2D eigenvalue weighted by atomic mass is 9.78. The van der Waals surface area contributed by atoms with Gasteiger partial charge in [-0.05, 0) is 56.5 Å². The topological polar surface area (TPSA) is 132 Å². The number of pyridine rings is 1. The Morgan fingerprint density at radius 2 is 1.92 bits per heavy atom. The van der Waals surface area contributed by atoms with Gasteiger partial charge < -0.3 is 20.7 Å². The first kappa shape index (κ1) is 27.4. The third-order valence-corrected chi connectivity index (χ3v) is 7.82. The van der Waals surface area contributed by atoms with Gasteiger partial charge in [0.05, 0.1) is 12.1 Å². The number of benzene rings is 1. The molecule has 0 bridgehead atoms. The molecule has 2 amide bonds. The van der Waals surface area contributed by atoms with Crippen LogP contribution < -0.4 is 16.0 Å². The molecule has 9 nitrogen and oxygen atoms in total. The molecule has 1 aromatic heterocycles. The molecule has 0 saturated carbocycles. The molecule has 1 aromatic carbocycles. The Labute approximate surface area is 224 Å². The van der Waals surface area contributed by atoms with Crippen LogP contribution in [0.5, 0.6) is 0 Å². The number of likely N-dealkylation sites (N-methyl/N-ethyl adjacent to an activating group) is 1. The maximum absolute atomic E-state index is 12.5. The minimum Gasteiger partial charge on any atom is -0.369 e. The normalized spacial score (nSPS) is 21.3. The van der Waals surface area contributed by atoms with E-state index in [-0.39, 0.29) is 24.1 Å². The smallest absolute Gasteiger partial charge is 0.228 e. The van der Waals surface area contributed by atoms with Crippen molar-refractivity contribution in [1.82, 2.24) is 15.2 Å². The average Bonchev–Trinajstić information content (AvgIpc) is 3.38. The van der Waals surface area contributed by atoms with Crippen LogP contribution in [-0.4, -0.2) is 66.0 Å². The molecule has 0 spiro atoms. The van der Waals surface area contributed by atoms with Crippen molar-refractivity contribution in [2.75, 3.05) is 31.1 Å². The molecule has 4 N–H and O–H groups in total. The summed E-state index contributed by atoms with van der Waals surface area (Å²) in [5, 5.41) is 11.8. The zero-order chi connectivity index (χ0) is 27.2. The van der Waals surface area contributed by atoms with E-state index in [4.69, 9.17) is 16.1 Å². The number of aromatic nitrogens is 1. The molecule has 38 heavy (non-hydrogen) atoms. The van der Waals surface area contributed by atoms with Gasteiger partial charge in [0.15, 0.2) is 0 Å². The molecular weight excluding hydrogens is 480 g/mol. The Bertz CT molecular complexity index is 1180. The molecule has 4 rings (SSSR count). The van der Waals surface area contributed by atoms with Crippen molar-refractivity contribution in [2.24, 2.45) is 11.7 Å². The van der Waals surface area contributed by atoms with E-state index in [2.05, 4.69) is 17.1 Å².